The molecule has 5 heterocycles. The number of carboxylic acid groups (broad SMARTS) is 1. The number of nitrogens with one attached hydrogen (secondary N) is 7. The molecule has 0 fully saturated rings. The number of aryl methyl sites for hydroxylation is 1. The van der Waals surface area contributed by atoms with Crippen LogP contribution in [0.25, 0.3) is 22.3 Å². The second-order valence-electron chi connectivity index (χ2n) is 18.6. The Hall–Kier alpha value is -8.79. The van der Waals surface area contributed by atoms with Gasteiger partial charge in [0.15, 0.2) is 5.60 Å². The molecule has 410 valence electrons. The molecule has 8 rings (SSSR count). The second kappa shape index (κ2) is 23.2. The number of esters is 1. The first-order valence-electron chi connectivity index (χ1n) is 24.5. The summed E-state index contributed by atoms with van der Waals surface area (Å²) in [7, 11) is 0. The third-order valence-corrected chi connectivity index (χ3v) is 13.7. The van der Waals surface area contributed by atoms with Gasteiger partial charge < -0.3 is 66.6 Å². The molecule has 78 heavy (non-hydrogen) atoms. The number of amides is 8. The standard InChI is InChI=1S/C51H53FN10O16/c1-3-51(76)29-14-34-44-27(21-61(34)48(73)28(29)22-77-50(51)75)43-31(10-9-26-24(2)30(52)15-32(59-44)42(26)43)60-47(72)49(74)78-23-57-37(64)18-55-45(70)33(13-25-7-5-4-6-8-25)58-38(65)19-54-36(63)17-56-46(71)35(16-53-20-41(68)69)62-39(66)11-12-40(62)67/h4-8,11-12,14-15,31,33,35,49,53,74,76H,3,9-10,13,16-23H2,1-2H3,(H,54,63)(H,55,70)(H,56,71)(H,57,64)(H,58,65)(H,60,72)(H,68,69)/t31-,33-,35+,49-,51-/m0/s1. The molecule has 0 spiro atoms. The van der Waals surface area contributed by atoms with Crippen LogP contribution in [-0.2, 0) is 89.0 Å². The highest BCUT2D eigenvalue weighted by Gasteiger charge is 2.46. The van der Waals surface area contributed by atoms with Gasteiger partial charge in [0, 0.05) is 47.7 Å². The van der Waals surface area contributed by atoms with Crippen LogP contribution in [0.4, 0.5) is 4.39 Å². The lowest BCUT2D eigenvalue weighted by molar-refractivity contribution is -0.172. The van der Waals surface area contributed by atoms with Gasteiger partial charge in [-0.3, -0.25) is 52.8 Å². The number of carboxylic acids is 1. The minimum Gasteiger partial charge on any atom is -0.480 e. The zero-order chi connectivity index (χ0) is 56.2. The normalized spacial score (nSPS) is 17.9. The van der Waals surface area contributed by atoms with Crippen molar-refractivity contribution in [3.8, 4) is 11.4 Å². The molecule has 26 nitrogen and oxygen atoms in total. The molecular weight excluding hydrogens is 1030 g/mol. The van der Waals surface area contributed by atoms with E-state index < -0.39 is 140 Å². The lowest BCUT2D eigenvalue weighted by atomic mass is 9.81. The van der Waals surface area contributed by atoms with Crippen LogP contribution in [0.2, 0.25) is 0 Å². The summed E-state index contributed by atoms with van der Waals surface area (Å²) in [4.78, 5) is 146. The zero-order valence-corrected chi connectivity index (χ0v) is 41.9. The highest BCUT2D eigenvalue weighted by atomic mass is 19.1. The maximum Gasteiger partial charge on any atom is 0.343 e. The molecule has 4 aliphatic rings. The second-order valence-corrected chi connectivity index (χ2v) is 18.6. The van der Waals surface area contributed by atoms with Crippen molar-refractivity contribution in [2.45, 2.75) is 82.7 Å². The van der Waals surface area contributed by atoms with Crippen LogP contribution in [-0.4, -0.2) is 147 Å². The largest absolute Gasteiger partial charge is 0.480 e. The van der Waals surface area contributed by atoms with Crippen molar-refractivity contribution in [3.05, 3.63) is 110 Å². The number of imide groups is 1. The monoisotopic (exact) mass is 1080 g/mol. The van der Waals surface area contributed by atoms with E-state index in [-0.39, 0.29) is 60.4 Å². The molecule has 0 saturated heterocycles. The van der Waals surface area contributed by atoms with Crippen LogP contribution in [0.15, 0.2) is 59.4 Å². The van der Waals surface area contributed by atoms with Crippen molar-refractivity contribution in [1.29, 1.82) is 0 Å². The molecule has 10 N–H and O–H groups in total. The van der Waals surface area contributed by atoms with E-state index in [1.807, 2.05) is 0 Å². The Morgan fingerprint density at radius 3 is 2.24 bits per heavy atom. The highest BCUT2D eigenvalue weighted by Crippen LogP contribution is 2.46. The quantitative estimate of drug-likeness (QED) is 0.0189. The van der Waals surface area contributed by atoms with Crippen molar-refractivity contribution in [1.82, 2.24) is 51.7 Å². The van der Waals surface area contributed by atoms with Crippen molar-refractivity contribution in [3.63, 3.8) is 0 Å². The van der Waals surface area contributed by atoms with Crippen molar-refractivity contribution in [2.75, 3.05) is 39.5 Å². The van der Waals surface area contributed by atoms with Gasteiger partial charge in [-0.2, -0.15) is 0 Å². The molecule has 0 unspecified atom stereocenters. The van der Waals surface area contributed by atoms with E-state index in [1.165, 1.54) is 16.7 Å². The number of carbonyl (C=O) groups is 10. The first-order chi connectivity index (χ1) is 37.2. The number of fused-ring (bicyclic) bond motifs is 5. The van der Waals surface area contributed by atoms with Crippen LogP contribution in [0.3, 0.4) is 0 Å². The Balaban J connectivity index is 0.848. The lowest BCUT2D eigenvalue weighted by Gasteiger charge is -2.31. The number of hydrogen-bond acceptors (Lipinski definition) is 17. The number of carbonyl (C=O) groups excluding carboxylic acids is 9. The number of aliphatic carboxylic acids is 1. The number of halogens is 1. The smallest absolute Gasteiger partial charge is 0.343 e. The van der Waals surface area contributed by atoms with Crippen molar-refractivity contribution < 1.29 is 77.1 Å². The fraction of sp³-hybridized carbons (Fsp3) is 0.373. The van der Waals surface area contributed by atoms with Crippen LogP contribution in [0, 0.1) is 12.7 Å². The molecule has 0 radical (unpaired) electrons. The predicted molar refractivity (Wildman–Crippen MR) is 265 cm³/mol. The van der Waals surface area contributed by atoms with Gasteiger partial charge in [-0.05, 0) is 54.5 Å². The van der Waals surface area contributed by atoms with E-state index in [1.54, 1.807) is 44.2 Å². The number of hydrogen-bond donors (Lipinski definition) is 10. The minimum absolute atomic E-state index is 0.0340. The summed E-state index contributed by atoms with van der Waals surface area (Å²) in [6.07, 6.45) is 0.0606. The summed E-state index contributed by atoms with van der Waals surface area (Å²) in [6, 6.07) is 7.56. The third kappa shape index (κ3) is 11.5. The maximum atomic E-state index is 15.4. The highest BCUT2D eigenvalue weighted by molar-refractivity contribution is 6.15. The molecule has 3 aliphatic heterocycles. The van der Waals surface area contributed by atoms with E-state index in [4.69, 9.17) is 19.6 Å². The van der Waals surface area contributed by atoms with Gasteiger partial charge in [0.05, 0.1) is 61.2 Å². The van der Waals surface area contributed by atoms with Crippen LogP contribution >= 0.6 is 0 Å². The average Bonchev–Trinajstić information content (AvgIpc) is 4.15. The van der Waals surface area contributed by atoms with E-state index in [0.29, 0.717) is 44.5 Å². The summed E-state index contributed by atoms with van der Waals surface area (Å²) in [5.74, 6) is -9.78. The number of aliphatic hydroxyl groups is 2. The number of cyclic esters (lactones) is 1. The topological polar surface area (TPSA) is 372 Å². The van der Waals surface area contributed by atoms with Gasteiger partial charge in [0.25, 0.3) is 23.3 Å². The van der Waals surface area contributed by atoms with Gasteiger partial charge in [0.1, 0.15) is 31.2 Å². The number of ether oxygens (including phenoxy) is 2. The molecule has 0 bridgehead atoms. The molecule has 0 saturated carbocycles. The van der Waals surface area contributed by atoms with Gasteiger partial charge in [-0.25, -0.2) is 14.2 Å². The first-order valence-corrected chi connectivity index (χ1v) is 24.5. The Labute approximate surface area is 441 Å². The SMILES string of the molecule is CC[C@@]1(O)C(=O)OCc2c1cc1n(c2=O)Cc2c-1nc1cc(F)c(C)c3c1c2[C@@H](NC(=O)[C@@H](O)OCNC(=O)CNC(=O)[C@H](Cc1ccccc1)NC(=O)CNC(=O)CNC(=O)[C@@H](CNCC(=O)O)N1C(=O)C=CC1=O)CC3. The molecule has 1 aliphatic carbocycles. The van der Waals surface area contributed by atoms with Crippen LogP contribution < -0.4 is 42.8 Å². The Bertz CT molecular complexity index is 3260. The predicted octanol–water partition coefficient (Wildman–Crippen LogP) is -2.92. The summed E-state index contributed by atoms with van der Waals surface area (Å²) in [5, 5.41) is 48.5. The Morgan fingerprint density at radius 1 is 0.872 bits per heavy atom. The molecule has 2 aromatic carbocycles. The first kappa shape index (κ1) is 55.4. The van der Waals surface area contributed by atoms with Crippen LogP contribution in [0.1, 0.15) is 64.8 Å². The number of rotatable bonds is 22. The van der Waals surface area contributed by atoms with Gasteiger partial charge in [-0.1, -0.05) is 37.3 Å². The van der Waals surface area contributed by atoms with E-state index >= 15 is 4.39 Å². The van der Waals surface area contributed by atoms with E-state index in [2.05, 4.69) is 37.2 Å². The fourth-order valence-corrected chi connectivity index (χ4v) is 9.74. The van der Waals surface area contributed by atoms with Gasteiger partial charge in [-0.15, -0.1) is 0 Å². The summed E-state index contributed by atoms with van der Waals surface area (Å²) < 4.78 is 27.2. The molecule has 5 atom stereocenters. The van der Waals surface area contributed by atoms with Gasteiger partial charge in [0.2, 0.25) is 35.8 Å². The third-order valence-electron chi connectivity index (χ3n) is 13.7. The molecule has 27 heteroatoms. The Morgan fingerprint density at radius 2 is 1.55 bits per heavy atom. The fourth-order valence-electron chi connectivity index (χ4n) is 9.74. The average molecular weight is 1080 g/mol. The van der Waals surface area contributed by atoms with E-state index in [0.717, 1.165) is 12.2 Å². The van der Waals surface area contributed by atoms with Crippen molar-refractivity contribution >= 4 is 70.1 Å². The molecule has 4 aromatic rings. The molecular formula is C51H53FN10O16. The number of nitrogens with zero attached hydrogens (tertiary/aromatic N) is 3. The Kier molecular flexibility index (Phi) is 16.5. The van der Waals surface area contributed by atoms with Crippen molar-refractivity contribution in [2.24, 2.45) is 0 Å². The number of pyridine rings is 2. The number of aromatic nitrogens is 2. The summed E-state index contributed by atoms with van der Waals surface area (Å²) in [5.41, 5.74) is 0.941. The lowest BCUT2D eigenvalue weighted by Crippen LogP contribution is -2.56. The van der Waals surface area contributed by atoms with E-state index in [9.17, 15) is 63.0 Å². The summed E-state index contributed by atoms with van der Waals surface area (Å²) in [6.45, 7) is -1.07. The number of benzene rings is 2. The van der Waals surface area contributed by atoms with Crippen LogP contribution in [0.5, 0.6) is 0 Å². The minimum atomic E-state index is -2.15. The molecule has 8 amide bonds. The summed E-state index contributed by atoms with van der Waals surface area (Å²) >= 11 is 0. The molecule has 2 aromatic heterocycles. The maximum absolute atomic E-state index is 15.4. The zero-order valence-electron chi connectivity index (χ0n) is 41.9. The number of aliphatic hydroxyl groups excluding tert-OH is 1. The van der Waals surface area contributed by atoms with Gasteiger partial charge >= 0.3 is 11.9 Å².